The van der Waals surface area contributed by atoms with Gasteiger partial charge >= 0.3 is 0 Å². The molecule has 0 bridgehead atoms. The Bertz CT molecular complexity index is 404. The Morgan fingerprint density at radius 3 is 2.20 bits per heavy atom. The van der Waals surface area contributed by atoms with Gasteiger partial charge in [0.1, 0.15) is 0 Å². The highest BCUT2D eigenvalue weighted by molar-refractivity contribution is 7.08. The molecule has 1 aromatic carbocycles. The molecule has 15 heavy (non-hydrogen) atoms. The molecule has 1 radical (unpaired) electrons. The summed E-state index contributed by atoms with van der Waals surface area (Å²) in [5.74, 6) is 0. The van der Waals surface area contributed by atoms with Crippen LogP contribution in [0.1, 0.15) is 25.0 Å². The minimum atomic E-state index is 1.06. The maximum Gasteiger partial charge on any atom is -0.00147 e. The first-order valence-electron chi connectivity index (χ1n) is 5.41. The van der Waals surface area contributed by atoms with E-state index in [4.69, 9.17) is 0 Å². The number of benzene rings is 1. The largest absolute Gasteiger partial charge is 0.152 e. The van der Waals surface area contributed by atoms with E-state index in [2.05, 4.69) is 48.9 Å². The van der Waals surface area contributed by atoms with Gasteiger partial charge in [0.2, 0.25) is 0 Å². The summed E-state index contributed by atoms with van der Waals surface area (Å²) in [6, 6.07) is 10.1. The van der Waals surface area contributed by atoms with Crippen LogP contribution in [-0.2, 0) is 12.8 Å². The van der Waals surface area contributed by atoms with Gasteiger partial charge in [-0.15, -0.1) is 0 Å². The van der Waals surface area contributed by atoms with Crippen molar-refractivity contribution in [2.45, 2.75) is 26.7 Å². The molecule has 2 aromatic rings. The third-order valence-electron chi connectivity index (χ3n) is 2.60. The van der Waals surface area contributed by atoms with Gasteiger partial charge in [-0.2, -0.15) is 11.3 Å². The average molecular weight is 215 g/mol. The third kappa shape index (κ3) is 2.29. The zero-order valence-corrected chi connectivity index (χ0v) is 10.0. The van der Waals surface area contributed by atoms with E-state index in [1.807, 2.05) is 0 Å². The van der Waals surface area contributed by atoms with E-state index in [9.17, 15) is 0 Å². The van der Waals surface area contributed by atoms with E-state index in [0.29, 0.717) is 0 Å². The van der Waals surface area contributed by atoms with Gasteiger partial charge in [-0.1, -0.05) is 26.0 Å². The maximum atomic E-state index is 3.45. The highest BCUT2D eigenvalue weighted by atomic mass is 32.1. The van der Waals surface area contributed by atoms with Gasteiger partial charge in [0.05, 0.1) is 0 Å². The van der Waals surface area contributed by atoms with Crippen molar-refractivity contribution in [3.8, 4) is 11.1 Å². The van der Waals surface area contributed by atoms with Gasteiger partial charge in [-0.25, -0.2) is 0 Å². The second-order valence-corrected chi connectivity index (χ2v) is 4.42. The van der Waals surface area contributed by atoms with Crippen molar-refractivity contribution in [1.82, 2.24) is 0 Å². The van der Waals surface area contributed by atoms with Crippen molar-refractivity contribution >= 4 is 11.3 Å². The summed E-state index contributed by atoms with van der Waals surface area (Å²) in [7, 11) is 0. The minimum absolute atomic E-state index is 1.06. The number of rotatable bonds is 3. The first kappa shape index (κ1) is 10.4. The van der Waals surface area contributed by atoms with Crippen LogP contribution in [0, 0.1) is 6.07 Å². The normalized spacial score (nSPS) is 10.5. The molecule has 0 aliphatic carbocycles. The molecule has 0 nitrogen and oxygen atoms in total. The number of hydrogen-bond donors (Lipinski definition) is 0. The molecule has 1 heteroatoms. The smallest absolute Gasteiger partial charge is 0.00147 e. The molecule has 0 N–H and O–H groups in total. The second-order valence-electron chi connectivity index (χ2n) is 3.64. The van der Waals surface area contributed by atoms with Crippen LogP contribution in [0.4, 0.5) is 0 Å². The van der Waals surface area contributed by atoms with Crippen LogP contribution >= 0.6 is 11.3 Å². The summed E-state index contributed by atoms with van der Waals surface area (Å²) >= 11 is 1.75. The van der Waals surface area contributed by atoms with Crippen molar-refractivity contribution in [1.29, 1.82) is 0 Å². The maximum absolute atomic E-state index is 3.45. The first-order chi connectivity index (χ1) is 7.33. The summed E-state index contributed by atoms with van der Waals surface area (Å²) < 4.78 is 0. The molecule has 0 saturated heterocycles. The molecule has 0 saturated carbocycles. The summed E-state index contributed by atoms with van der Waals surface area (Å²) in [6.07, 6.45) is 2.12. The Labute approximate surface area is 95.6 Å². The van der Waals surface area contributed by atoms with E-state index in [-0.39, 0.29) is 0 Å². The van der Waals surface area contributed by atoms with Crippen LogP contribution in [0.3, 0.4) is 0 Å². The lowest BCUT2D eigenvalue weighted by Gasteiger charge is -2.05. The monoisotopic (exact) mass is 215 g/mol. The number of hydrogen-bond acceptors (Lipinski definition) is 1. The van der Waals surface area contributed by atoms with Crippen LogP contribution in [0.2, 0.25) is 0 Å². The molecule has 77 valence electrons. The summed E-state index contributed by atoms with van der Waals surface area (Å²) in [4.78, 5) is 0. The highest BCUT2D eigenvalue weighted by Gasteiger charge is 2.02. The van der Waals surface area contributed by atoms with Gasteiger partial charge in [-0.3, -0.25) is 0 Å². The number of thiophene rings is 1. The predicted molar refractivity (Wildman–Crippen MR) is 67.3 cm³/mol. The van der Waals surface area contributed by atoms with Crippen molar-refractivity contribution in [2.24, 2.45) is 0 Å². The van der Waals surface area contributed by atoms with E-state index >= 15 is 0 Å². The molecule has 1 aromatic heterocycles. The summed E-state index contributed by atoms with van der Waals surface area (Å²) in [5.41, 5.74) is 5.30. The third-order valence-corrected chi connectivity index (χ3v) is 3.28. The van der Waals surface area contributed by atoms with E-state index < -0.39 is 0 Å². The van der Waals surface area contributed by atoms with Crippen molar-refractivity contribution in [3.05, 3.63) is 46.2 Å². The fourth-order valence-corrected chi connectivity index (χ4v) is 2.34. The van der Waals surface area contributed by atoms with E-state index in [0.717, 1.165) is 12.8 Å². The van der Waals surface area contributed by atoms with Crippen LogP contribution in [0.25, 0.3) is 11.1 Å². The van der Waals surface area contributed by atoms with Gasteiger partial charge in [0, 0.05) is 0 Å². The summed E-state index contributed by atoms with van der Waals surface area (Å²) in [5, 5.41) is 4.33. The molecule has 0 unspecified atom stereocenters. The lowest BCUT2D eigenvalue weighted by atomic mass is 9.99. The average Bonchev–Trinajstić information content (AvgIpc) is 2.81. The molecule has 0 spiro atoms. The molecule has 0 fully saturated rings. The van der Waals surface area contributed by atoms with Gasteiger partial charge in [-0.05, 0) is 58.0 Å². The Morgan fingerprint density at radius 2 is 1.73 bits per heavy atom. The van der Waals surface area contributed by atoms with Crippen LogP contribution < -0.4 is 0 Å². The van der Waals surface area contributed by atoms with Gasteiger partial charge in [0.15, 0.2) is 0 Å². The zero-order chi connectivity index (χ0) is 10.7. The van der Waals surface area contributed by atoms with Gasteiger partial charge in [0.25, 0.3) is 0 Å². The Balaban J connectivity index is 2.47. The Morgan fingerprint density at radius 1 is 1.07 bits per heavy atom. The molecule has 0 amide bonds. The summed E-state index contributed by atoms with van der Waals surface area (Å²) in [6.45, 7) is 4.37. The molecule has 0 aliphatic rings. The second kappa shape index (κ2) is 4.63. The fraction of sp³-hybridized carbons (Fsp3) is 0.286. The van der Waals surface area contributed by atoms with E-state index in [1.165, 1.54) is 22.3 Å². The quantitative estimate of drug-likeness (QED) is 0.714. The molecular formula is C14H15S. The molecule has 2 rings (SSSR count). The first-order valence-corrected chi connectivity index (χ1v) is 6.35. The van der Waals surface area contributed by atoms with Crippen LogP contribution in [-0.4, -0.2) is 0 Å². The van der Waals surface area contributed by atoms with E-state index in [1.54, 1.807) is 11.3 Å². The highest BCUT2D eigenvalue weighted by Crippen LogP contribution is 2.24. The molecule has 0 atom stereocenters. The lowest BCUT2D eigenvalue weighted by Crippen LogP contribution is -1.88. The zero-order valence-electron chi connectivity index (χ0n) is 9.21. The number of aryl methyl sites for hydroxylation is 2. The lowest BCUT2D eigenvalue weighted by molar-refractivity contribution is 1.08. The Kier molecular flexibility index (Phi) is 3.22. The van der Waals surface area contributed by atoms with Crippen molar-refractivity contribution in [2.75, 3.05) is 0 Å². The molecular weight excluding hydrogens is 200 g/mol. The van der Waals surface area contributed by atoms with Gasteiger partial charge < -0.3 is 0 Å². The topological polar surface area (TPSA) is 0 Å². The van der Waals surface area contributed by atoms with Crippen LogP contribution in [0.15, 0.2) is 29.0 Å². The SMILES string of the molecule is CCc1[c]c(CC)cc(-c2ccsc2)c1. The standard InChI is InChI=1S/C14H15S/c1-3-11-7-12(4-2)9-14(8-11)13-5-6-15-10-13/h5-6,8-10H,3-4H2,1-2H3. The van der Waals surface area contributed by atoms with Crippen LogP contribution in [0.5, 0.6) is 0 Å². The predicted octanol–water partition coefficient (Wildman–Crippen LogP) is 4.34. The van der Waals surface area contributed by atoms with Crippen molar-refractivity contribution in [3.63, 3.8) is 0 Å². The molecule has 0 aliphatic heterocycles. The molecule has 1 heterocycles. The fourth-order valence-electron chi connectivity index (χ4n) is 1.67. The minimum Gasteiger partial charge on any atom is -0.152 e. The van der Waals surface area contributed by atoms with Crippen molar-refractivity contribution < 1.29 is 0 Å². The Hall–Kier alpha value is -1.08.